The minimum absolute atomic E-state index is 0.00762. The minimum atomic E-state index is -1.85. The van der Waals surface area contributed by atoms with Crippen LogP contribution < -0.4 is 58.9 Å². The van der Waals surface area contributed by atoms with Crippen molar-refractivity contribution in [1.82, 2.24) is 73.1 Å². The van der Waals surface area contributed by atoms with E-state index in [2.05, 4.69) is 68.5 Å². The number of aryl methyl sites for hydroxylation is 1. The predicted octanol–water partition coefficient (Wildman–Crippen LogP) is -4.38. The molecule has 0 saturated carbocycles. The number of thioether (sulfide) groups is 1. The number of amides is 11. The number of benzene rings is 1. The zero-order valence-electron chi connectivity index (χ0n) is 46.4. The Kier molecular flexibility index (Phi) is 25.9. The molecule has 0 radical (unpaired) electrons. The van der Waals surface area contributed by atoms with Gasteiger partial charge < -0.3 is 88.3 Å². The standard InChI is InChI=1S/C52H75N15O16S/c1-29-47(75)56-24-42(70)58-37(22-44(72)73)50(78)62-38(26-68)51(79)61-35(20-30-23-55-33-9-3-2-8-32(30)33)49(77)60-34(46(53)74)10-6-7-14-67-25-31(65-66-67)21-36(48(76)57-29)59-43(71)27-83-19-18-82-17-16-81-15-13-54-41(69)12-5-4-11-40-45-39(28-84-40)63-52(80)64-45/h2-3,8-9,23,25,29,34-40,45,55,68H,4-7,10-22,24,26-28H2,1H3,(H2,53,74)(H,54,69)(H,56,75)(H,57,76)(H,58,70)(H,59,71)(H,60,77)(H,61,79)(H,62,78)(H,72,73)(H2,63,64,80)/t29-,34-,35-,36-,37-,38-,39+,40+,45+/m0/s1. The Bertz CT molecular complexity index is 2780. The fourth-order valence-corrected chi connectivity index (χ4v) is 10.9. The average molecular weight is 1200 g/mol. The zero-order valence-corrected chi connectivity index (χ0v) is 47.3. The number of hydrogen-bond donors (Lipinski definition) is 14. The Labute approximate surface area is 486 Å². The first kappa shape index (κ1) is 65.2. The van der Waals surface area contributed by atoms with Crippen molar-refractivity contribution in [2.75, 3.05) is 65.1 Å². The van der Waals surface area contributed by atoms with E-state index in [4.69, 9.17) is 19.9 Å². The molecule has 84 heavy (non-hydrogen) atoms. The summed E-state index contributed by atoms with van der Waals surface area (Å²) in [5.74, 6) is -8.30. The molecule has 32 heteroatoms. The molecule has 0 unspecified atom stereocenters. The Balaban J connectivity index is 1.00. The van der Waals surface area contributed by atoms with Crippen LogP contribution in [0.4, 0.5) is 4.79 Å². The number of carbonyl (C=O) groups is 11. The van der Waals surface area contributed by atoms with Crippen LogP contribution in [0.2, 0.25) is 0 Å². The molecule has 460 valence electrons. The van der Waals surface area contributed by atoms with Crippen LogP contribution in [0, 0.1) is 0 Å². The number of para-hydroxylation sites is 1. The van der Waals surface area contributed by atoms with Crippen molar-refractivity contribution >= 4 is 87.8 Å². The highest BCUT2D eigenvalue weighted by Gasteiger charge is 2.42. The lowest BCUT2D eigenvalue weighted by Crippen LogP contribution is -2.60. The summed E-state index contributed by atoms with van der Waals surface area (Å²) < 4.78 is 18.0. The lowest BCUT2D eigenvalue weighted by molar-refractivity contribution is -0.141. The second-order valence-electron chi connectivity index (χ2n) is 20.3. The van der Waals surface area contributed by atoms with E-state index < -0.39 is 116 Å². The van der Waals surface area contributed by atoms with Gasteiger partial charge in [0.25, 0.3) is 0 Å². The third kappa shape index (κ3) is 21.0. The second-order valence-corrected chi connectivity index (χ2v) is 21.6. The topological polar surface area (TPSA) is 449 Å². The first-order chi connectivity index (χ1) is 40.4. The van der Waals surface area contributed by atoms with Gasteiger partial charge in [-0.2, -0.15) is 11.8 Å². The molecule has 9 atom stereocenters. The molecule has 2 fully saturated rings. The van der Waals surface area contributed by atoms with Gasteiger partial charge in [0.2, 0.25) is 53.2 Å². The van der Waals surface area contributed by atoms with Crippen molar-refractivity contribution in [3.8, 4) is 0 Å². The summed E-state index contributed by atoms with van der Waals surface area (Å²) in [4.78, 5) is 146. The van der Waals surface area contributed by atoms with E-state index in [1.165, 1.54) is 17.8 Å². The lowest BCUT2D eigenvalue weighted by atomic mass is 10.0. The van der Waals surface area contributed by atoms with Crippen molar-refractivity contribution in [2.45, 2.75) is 131 Å². The number of nitrogens with two attached hydrogens (primary N) is 1. The Hall–Kier alpha value is -7.94. The van der Waals surface area contributed by atoms with Gasteiger partial charge in [-0.05, 0) is 50.7 Å². The van der Waals surface area contributed by atoms with E-state index in [0.717, 1.165) is 25.0 Å². The molecule has 3 aliphatic heterocycles. The second kappa shape index (κ2) is 33.4. The number of aliphatic hydroxyl groups excluding tert-OH is 1. The fraction of sp³-hybridized carbons (Fsp3) is 0.596. The molecular weight excluding hydrogens is 1120 g/mol. The van der Waals surface area contributed by atoms with Crippen molar-refractivity contribution in [3.63, 3.8) is 0 Å². The van der Waals surface area contributed by atoms with E-state index in [1.807, 2.05) is 11.8 Å². The van der Waals surface area contributed by atoms with Gasteiger partial charge in [-0.1, -0.05) is 29.8 Å². The van der Waals surface area contributed by atoms with E-state index >= 15 is 0 Å². The number of fused-ring (bicyclic) bond motifs is 4. The van der Waals surface area contributed by atoms with Crippen molar-refractivity contribution in [3.05, 3.63) is 47.9 Å². The summed E-state index contributed by atoms with van der Waals surface area (Å²) in [7, 11) is 0. The molecule has 11 amide bonds. The molecule has 0 spiro atoms. The number of H-pyrrole nitrogens is 1. The van der Waals surface area contributed by atoms with Gasteiger partial charge in [-0.3, -0.25) is 52.6 Å². The van der Waals surface area contributed by atoms with Gasteiger partial charge in [0.15, 0.2) is 0 Å². The summed E-state index contributed by atoms with van der Waals surface area (Å²) >= 11 is 1.84. The monoisotopic (exact) mass is 1200 g/mol. The highest BCUT2D eigenvalue weighted by atomic mass is 32.2. The van der Waals surface area contributed by atoms with Gasteiger partial charge in [0.05, 0.1) is 70.4 Å². The number of rotatable bonds is 23. The summed E-state index contributed by atoms with van der Waals surface area (Å²) in [6.45, 7) is 0.284. The van der Waals surface area contributed by atoms with E-state index in [-0.39, 0.29) is 88.6 Å². The van der Waals surface area contributed by atoms with E-state index in [9.17, 15) is 63.0 Å². The lowest BCUT2D eigenvalue weighted by Gasteiger charge is -2.25. The third-order valence-corrected chi connectivity index (χ3v) is 15.3. The van der Waals surface area contributed by atoms with Crippen molar-refractivity contribution < 1.29 is 77.2 Å². The number of aliphatic carboxylic acids is 1. The Morgan fingerprint density at radius 1 is 0.810 bits per heavy atom. The quantitative estimate of drug-likeness (QED) is 0.0315. The average Bonchev–Trinajstić information content (AvgIpc) is 4.47. The highest BCUT2D eigenvalue weighted by Crippen LogP contribution is 2.33. The number of hydrogen-bond acceptors (Lipinski definition) is 18. The van der Waals surface area contributed by atoms with Gasteiger partial charge in [-0.25, -0.2) is 4.79 Å². The van der Waals surface area contributed by atoms with Crippen LogP contribution in [0.15, 0.2) is 36.7 Å². The molecule has 2 bridgehead atoms. The summed E-state index contributed by atoms with van der Waals surface area (Å²) in [5, 5.41) is 54.7. The normalized spacial score (nSPS) is 24.2. The maximum atomic E-state index is 14.0. The molecule has 2 aromatic heterocycles. The molecule has 3 aromatic rings. The first-order valence-electron chi connectivity index (χ1n) is 27.7. The number of aromatic nitrogens is 4. The van der Waals surface area contributed by atoms with E-state index in [0.29, 0.717) is 47.5 Å². The van der Waals surface area contributed by atoms with Gasteiger partial charge >= 0.3 is 12.0 Å². The Morgan fingerprint density at radius 3 is 2.30 bits per heavy atom. The van der Waals surface area contributed by atoms with Gasteiger partial charge in [-0.15, -0.1) is 5.10 Å². The van der Waals surface area contributed by atoms with Crippen molar-refractivity contribution in [2.24, 2.45) is 5.73 Å². The number of ether oxygens (including phenoxy) is 3. The number of nitrogens with zero attached hydrogens (tertiary/aromatic N) is 3. The number of unbranched alkanes of at least 4 members (excludes halogenated alkanes) is 1. The number of nitrogens with one attached hydrogen (secondary N) is 11. The van der Waals surface area contributed by atoms with Crippen LogP contribution in [-0.4, -0.2) is 214 Å². The van der Waals surface area contributed by atoms with Crippen molar-refractivity contribution in [1.29, 1.82) is 0 Å². The van der Waals surface area contributed by atoms with Gasteiger partial charge in [0.1, 0.15) is 42.9 Å². The number of carboxylic acid groups (broad SMARTS) is 1. The highest BCUT2D eigenvalue weighted by molar-refractivity contribution is 8.00. The molecule has 1 aromatic carbocycles. The third-order valence-electron chi connectivity index (χ3n) is 13.8. The number of aromatic amines is 1. The number of carbonyl (C=O) groups excluding carboxylic acids is 10. The summed E-state index contributed by atoms with van der Waals surface area (Å²) in [6, 6.07) is -1.68. The fourth-order valence-electron chi connectivity index (χ4n) is 9.40. The minimum Gasteiger partial charge on any atom is -0.481 e. The summed E-state index contributed by atoms with van der Waals surface area (Å²) in [6.07, 6.45) is 5.43. The van der Waals surface area contributed by atoms with Crippen LogP contribution in [0.3, 0.4) is 0 Å². The molecule has 2 saturated heterocycles. The van der Waals surface area contributed by atoms with E-state index in [1.54, 1.807) is 30.5 Å². The molecule has 5 heterocycles. The molecule has 0 aliphatic carbocycles. The SMILES string of the molecule is C[C@@H]1NC(=O)[C@@H](NC(=O)COCCOCCOCCNC(=O)CCCC[C@H]2SC[C@H]3NC(=O)N[C@H]32)Cc2cn(nn2)CCCC[C@@H](C(N)=O)NC(=O)[C@H](Cc2c[nH]c3ccccc23)NC(=O)[C@H](CO)NC(=O)[C@H](CC(=O)O)NC(=O)CNC1=O. The molecule has 3 aliphatic rings. The van der Waals surface area contributed by atoms with Crippen LogP contribution in [0.5, 0.6) is 0 Å². The zero-order chi connectivity index (χ0) is 60.5. The molecule has 6 rings (SSSR count). The van der Waals surface area contributed by atoms with Crippen LogP contribution in [0.1, 0.15) is 69.5 Å². The molecule has 15 N–H and O–H groups in total. The maximum absolute atomic E-state index is 14.0. The summed E-state index contributed by atoms with van der Waals surface area (Å²) in [5.41, 5.74) is 7.27. The molecule has 31 nitrogen and oxygen atoms in total. The van der Waals surface area contributed by atoms with Crippen LogP contribution in [-0.2, 0) is 81.5 Å². The molecular formula is C52H75N15O16S. The predicted molar refractivity (Wildman–Crippen MR) is 298 cm³/mol. The van der Waals surface area contributed by atoms with Crippen LogP contribution in [0.25, 0.3) is 10.9 Å². The largest absolute Gasteiger partial charge is 0.481 e. The number of urea groups is 1. The first-order valence-corrected chi connectivity index (χ1v) is 28.7. The number of primary amides is 1. The number of aliphatic hydroxyl groups is 1. The Morgan fingerprint density at radius 2 is 1.54 bits per heavy atom. The van der Waals surface area contributed by atoms with Crippen LogP contribution >= 0.6 is 11.8 Å². The van der Waals surface area contributed by atoms with Gasteiger partial charge in [0, 0.05) is 66.7 Å². The maximum Gasteiger partial charge on any atom is 0.315 e. The number of carboxylic acids is 1. The smallest absolute Gasteiger partial charge is 0.315 e.